The van der Waals surface area contributed by atoms with Gasteiger partial charge in [-0.3, -0.25) is 0 Å². The standard InChI is InChI=1S/C15H20BrNO3/c1-10-8-17(14(18)20-15(2,3)4)9-11-7-12(16)5-6-13(11)19-10/h5-7,10H,8-9H2,1-4H3. The van der Waals surface area contributed by atoms with E-state index in [2.05, 4.69) is 15.9 Å². The van der Waals surface area contributed by atoms with Gasteiger partial charge < -0.3 is 14.4 Å². The molecule has 1 atom stereocenters. The van der Waals surface area contributed by atoms with Crippen LogP contribution in [0.5, 0.6) is 5.75 Å². The van der Waals surface area contributed by atoms with E-state index in [1.54, 1.807) is 4.90 Å². The van der Waals surface area contributed by atoms with Crippen molar-refractivity contribution in [2.45, 2.75) is 45.9 Å². The molecule has 20 heavy (non-hydrogen) atoms. The average Bonchev–Trinajstić information content (AvgIpc) is 2.45. The number of fused-ring (bicyclic) bond motifs is 1. The molecule has 4 nitrogen and oxygen atoms in total. The van der Waals surface area contributed by atoms with Crippen LogP contribution in [-0.4, -0.2) is 29.2 Å². The first-order chi connectivity index (χ1) is 9.24. The third-order valence-electron chi connectivity index (χ3n) is 2.84. The van der Waals surface area contributed by atoms with Gasteiger partial charge in [0.15, 0.2) is 0 Å². The maximum absolute atomic E-state index is 12.2. The van der Waals surface area contributed by atoms with Crippen LogP contribution in [-0.2, 0) is 11.3 Å². The molecular weight excluding hydrogens is 322 g/mol. The highest BCUT2D eigenvalue weighted by Gasteiger charge is 2.27. The lowest BCUT2D eigenvalue weighted by Crippen LogP contribution is -2.39. The van der Waals surface area contributed by atoms with Crippen LogP contribution in [0.25, 0.3) is 0 Å². The Morgan fingerprint density at radius 1 is 1.45 bits per heavy atom. The molecule has 0 saturated heterocycles. The van der Waals surface area contributed by atoms with Gasteiger partial charge in [0, 0.05) is 10.0 Å². The van der Waals surface area contributed by atoms with Gasteiger partial charge in [0.25, 0.3) is 0 Å². The molecule has 110 valence electrons. The van der Waals surface area contributed by atoms with E-state index in [1.165, 1.54) is 0 Å². The molecular formula is C15H20BrNO3. The van der Waals surface area contributed by atoms with Crippen LogP contribution in [0.4, 0.5) is 4.79 Å². The molecule has 1 heterocycles. The molecule has 1 aromatic carbocycles. The lowest BCUT2D eigenvalue weighted by atomic mass is 10.2. The molecule has 5 heteroatoms. The highest BCUT2D eigenvalue weighted by molar-refractivity contribution is 9.10. The van der Waals surface area contributed by atoms with E-state index < -0.39 is 5.60 Å². The molecule has 0 saturated carbocycles. The van der Waals surface area contributed by atoms with Crippen LogP contribution in [0.3, 0.4) is 0 Å². The van der Waals surface area contributed by atoms with Crippen molar-refractivity contribution in [3.05, 3.63) is 28.2 Å². The van der Waals surface area contributed by atoms with Crippen LogP contribution in [0, 0.1) is 0 Å². The molecule has 0 aromatic heterocycles. The third kappa shape index (κ3) is 3.88. The molecule has 0 bridgehead atoms. The van der Waals surface area contributed by atoms with E-state index in [1.807, 2.05) is 45.9 Å². The Morgan fingerprint density at radius 2 is 2.15 bits per heavy atom. The highest BCUT2D eigenvalue weighted by atomic mass is 79.9. The smallest absolute Gasteiger partial charge is 0.410 e. The molecule has 0 N–H and O–H groups in total. The lowest BCUT2D eigenvalue weighted by molar-refractivity contribution is 0.0188. The minimum absolute atomic E-state index is 0.0649. The molecule has 0 radical (unpaired) electrons. The maximum atomic E-state index is 12.2. The van der Waals surface area contributed by atoms with E-state index in [9.17, 15) is 4.79 Å². The largest absolute Gasteiger partial charge is 0.489 e. The van der Waals surface area contributed by atoms with E-state index in [0.29, 0.717) is 13.1 Å². The Morgan fingerprint density at radius 3 is 2.80 bits per heavy atom. The van der Waals surface area contributed by atoms with Gasteiger partial charge in [-0.1, -0.05) is 15.9 Å². The molecule has 2 rings (SSSR count). The van der Waals surface area contributed by atoms with Crippen molar-refractivity contribution in [1.82, 2.24) is 4.90 Å². The van der Waals surface area contributed by atoms with Crippen LogP contribution >= 0.6 is 15.9 Å². The number of carbonyl (C=O) groups is 1. The summed E-state index contributed by atoms with van der Waals surface area (Å²) in [6.07, 6.45) is -0.370. The number of amides is 1. The lowest BCUT2D eigenvalue weighted by Gasteiger charge is -2.27. The highest BCUT2D eigenvalue weighted by Crippen LogP contribution is 2.28. The van der Waals surface area contributed by atoms with Crippen LogP contribution in [0.2, 0.25) is 0 Å². The molecule has 1 aromatic rings. The summed E-state index contributed by atoms with van der Waals surface area (Å²) < 4.78 is 12.3. The molecule has 0 spiro atoms. The third-order valence-corrected chi connectivity index (χ3v) is 3.33. The van der Waals surface area contributed by atoms with Crippen molar-refractivity contribution in [2.24, 2.45) is 0 Å². The Bertz CT molecular complexity index is 510. The minimum Gasteiger partial charge on any atom is -0.489 e. The first-order valence-electron chi connectivity index (χ1n) is 6.67. The SMILES string of the molecule is CC1CN(C(=O)OC(C)(C)C)Cc2cc(Br)ccc2O1. The topological polar surface area (TPSA) is 38.8 Å². The summed E-state index contributed by atoms with van der Waals surface area (Å²) in [4.78, 5) is 13.9. The van der Waals surface area contributed by atoms with Crippen LogP contribution in [0.15, 0.2) is 22.7 Å². The summed E-state index contributed by atoms with van der Waals surface area (Å²) in [5.74, 6) is 0.826. The zero-order valence-electron chi connectivity index (χ0n) is 12.3. The van der Waals surface area contributed by atoms with E-state index >= 15 is 0 Å². The molecule has 1 aliphatic heterocycles. The Labute approximate surface area is 128 Å². The summed E-state index contributed by atoms with van der Waals surface area (Å²) in [6.45, 7) is 8.57. The second-order valence-electron chi connectivity index (χ2n) is 6.04. The number of benzene rings is 1. The van der Waals surface area contributed by atoms with Gasteiger partial charge >= 0.3 is 6.09 Å². The predicted molar refractivity (Wildman–Crippen MR) is 80.9 cm³/mol. The molecule has 1 unspecified atom stereocenters. The monoisotopic (exact) mass is 341 g/mol. The minimum atomic E-state index is -0.492. The van der Waals surface area contributed by atoms with E-state index in [4.69, 9.17) is 9.47 Å². The number of rotatable bonds is 0. The fourth-order valence-corrected chi connectivity index (χ4v) is 2.50. The van der Waals surface area contributed by atoms with Gasteiger partial charge in [-0.2, -0.15) is 0 Å². The van der Waals surface area contributed by atoms with Crippen LogP contribution in [0.1, 0.15) is 33.3 Å². The second kappa shape index (κ2) is 5.64. The molecule has 0 fully saturated rings. The normalized spacial score (nSPS) is 18.9. The first-order valence-corrected chi connectivity index (χ1v) is 7.47. The van der Waals surface area contributed by atoms with Crippen molar-refractivity contribution in [2.75, 3.05) is 6.54 Å². The number of halogens is 1. The van der Waals surface area contributed by atoms with Gasteiger partial charge in [0.1, 0.15) is 17.5 Å². The van der Waals surface area contributed by atoms with Crippen molar-refractivity contribution in [1.29, 1.82) is 0 Å². The second-order valence-corrected chi connectivity index (χ2v) is 6.96. The van der Waals surface area contributed by atoms with Gasteiger partial charge in [0.05, 0.1) is 13.1 Å². The predicted octanol–water partition coefficient (Wildman–Crippen LogP) is 3.97. The zero-order chi connectivity index (χ0) is 14.9. The van der Waals surface area contributed by atoms with Crippen LogP contribution < -0.4 is 4.74 Å². The fourth-order valence-electron chi connectivity index (χ4n) is 2.09. The number of ether oxygens (including phenoxy) is 2. The van der Waals surface area contributed by atoms with E-state index in [0.717, 1.165) is 15.8 Å². The number of hydrogen-bond donors (Lipinski definition) is 0. The summed E-state index contributed by atoms with van der Waals surface area (Å²) in [5, 5.41) is 0. The van der Waals surface area contributed by atoms with Gasteiger partial charge in [-0.15, -0.1) is 0 Å². The molecule has 1 amide bonds. The Hall–Kier alpha value is -1.23. The summed E-state index contributed by atoms with van der Waals surface area (Å²) in [6, 6.07) is 5.84. The maximum Gasteiger partial charge on any atom is 0.410 e. The Kier molecular flexibility index (Phi) is 4.28. The van der Waals surface area contributed by atoms with Gasteiger partial charge in [-0.05, 0) is 45.9 Å². The average molecular weight is 342 g/mol. The molecule has 1 aliphatic rings. The quantitative estimate of drug-likeness (QED) is 0.716. The van der Waals surface area contributed by atoms with Gasteiger partial charge in [0.2, 0.25) is 0 Å². The summed E-state index contributed by atoms with van der Waals surface area (Å²) >= 11 is 3.45. The number of hydrogen-bond acceptors (Lipinski definition) is 3. The number of carbonyl (C=O) groups excluding carboxylic acids is 1. The van der Waals surface area contributed by atoms with Gasteiger partial charge in [-0.25, -0.2) is 4.79 Å². The molecule has 0 aliphatic carbocycles. The summed E-state index contributed by atoms with van der Waals surface area (Å²) in [5.41, 5.74) is 0.489. The van der Waals surface area contributed by atoms with Crippen molar-refractivity contribution in [3.8, 4) is 5.75 Å². The number of nitrogens with zero attached hydrogens (tertiary/aromatic N) is 1. The van der Waals surface area contributed by atoms with E-state index in [-0.39, 0.29) is 12.2 Å². The van der Waals surface area contributed by atoms with Crippen molar-refractivity contribution < 1.29 is 14.3 Å². The Balaban J connectivity index is 2.22. The fraction of sp³-hybridized carbons (Fsp3) is 0.533. The van der Waals surface area contributed by atoms with Crippen molar-refractivity contribution in [3.63, 3.8) is 0 Å². The zero-order valence-corrected chi connectivity index (χ0v) is 13.9. The first kappa shape index (κ1) is 15.2. The summed E-state index contributed by atoms with van der Waals surface area (Å²) in [7, 11) is 0. The van der Waals surface area contributed by atoms with Crippen molar-refractivity contribution >= 4 is 22.0 Å².